The molecule has 4 amide bonds. The summed E-state index contributed by atoms with van der Waals surface area (Å²) in [4.78, 5) is 50.6. The minimum absolute atomic E-state index is 0.0520. The normalized spacial score (nSPS) is 16.0. The molecule has 28 heavy (non-hydrogen) atoms. The molecule has 8 nitrogen and oxygen atoms in total. The van der Waals surface area contributed by atoms with Gasteiger partial charge in [-0.05, 0) is 55.9 Å². The number of piperazine rings is 1. The van der Waals surface area contributed by atoms with Crippen molar-refractivity contribution in [1.82, 2.24) is 15.1 Å². The van der Waals surface area contributed by atoms with Crippen LogP contribution >= 0.6 is 11.6 Å². The molecule has 1 aliphatic heterocycles. The molecule has 0 bridgehead atoms. The van der Waals surface area contributed by atoms with Crippen molar-refractivity contribution in [2.24, 2.45) is 0 Å². The second-order valence-corrected chi connectivity index (χ2v) is 12.1. The number of nitrogens with one attached hydrogen (secondary N) is 1. The molecule has 2 rings (SSSR count). The first-order valence-electron chi connectivity index (χ1n) is 8.93. The van der Waals surface area contributed by atoms with Crippen LogP contribution in [0.25, 0.3) is 0 Å². The SMILES string of the molecule is CCN1CCN(C(=O)N[C@@H](C(=O)Cl)c2ccc(O[Si](C)(C)C)cc2)C(=O)C1=O. The van der Waals surface area contributed by atoms with E-state index in [0.29, 0.717) is 17.9 Å². The molecule has 10 heteroatoms. The minimum Gasteiger partial charge on any atom is -0.544 e. The topological polar surface area (TPSA) is 96.0 Å². The van der Waals surface area contributed by atoms with Gasteiger partial charge in [0.05, 0.1) is 0 Å². The standard InChI is InChI=1S/C18H24ClN3O5Si/c1-5-21-10-11-22(17(25)16(21)24)18(26)20-14(15(19)23)12-6-8-13(9-7-12)27-28(2,3)4/h6-9,14H,5,10-11H2,1-4H3,(H,20,26)/t14-/m1/s1. The number of imide groups is 1. The first kappa shape index (κ1) is 21.9. The summed E-state index contributed by atoms with van der Waals surface area (Å²) in [7, 11) is -1.78. The van der Waals surface area contributed by atoms with Crippen LogP contribution in [0.3, 0.4) is 0 Å². The number of rotatable bonds is 6. The highest BCUT2D eigenvalue weighted by molar-refractivity contribution is 6.70. The van der Waals surface area contributed by atoms with Crippen LogP contribution in [-0.2, 0) is 14.4 Å². The second-order valence-electron chi connectivity index (χ2n) is 7.31. The highest BCUT2D eigenvalue weighted by Gasteiger charge is 2.36. The number of carbonyl (C=O) groups is 4. The van der Waals surface area contributed by atoms with Crippen molar-refractivity contribution >= 4 is 43.0 Å². The van der Waals surface area contributed by atoms with Gasteiger partial charge in [0.15, 0.2) is 0 Å². The molecular formula is C18H24ClN3O5Si. The summed E-state index contributed by atoms with van der Waals surface area (Å²) in [6.45, 7) is 8.56. The van der Waals surface area contributed by atoms with E-state index in [9.17, 15) is 19.2 Å². The molecule has 152 valence electrons. The van der Waals surface area contributed by atoms with Crippen LogP contribution in [-0.4, -0.2) is 60.8 Å². The maximum absolute atomic E-state index is 12.5. The van der Waals surface area contributed by atoms with Gasteiger partial charge in [-0.15, -0.1) is 0 Å². The Kier molecular flexibility index (Phi) is 6.84. The van der Waals surface area contributed by atoms with E-state index >= 15 is 0 Å². The third kappa shape index (κ3) is 5.32. The quantitative estimate of drug-likeness (QED) is 0.427. The Hall–Kier alpha value is -2.39. The zero-order chi connectivity index (χ0) is 21.1. The number of amides is 4. The predicted octanol–water partition coefficient (Wildman–Crippen LogP) is 2.11. The van der Waals surface area contributed by atoms with E-state index in [2.05, 4.69) is 5.32 Å². The van der Waals surface area contributed by atoms with Gasteiger partial charge in [0.2, 0.25) is 13.6 Å². The summed E-state index contributed by atoms with van der Waals surface area (Å²) >= 11 is 5.66. The number of halogens is 1. The van der Waals surface area contributed by atoms with Gasteiger partial charge in [0, 0.05) is 19.6 Å². The lowest BCUT2D eigenvalue weighted by Gasteiger charge is -2.32. The first-order valence-corrected chi connectivity index (χ1v) is 12.7. The number of hydrogen-bond donors (Lipinski definition) is 1. The predicted molar refractivity (Wildman–Crippen MR) is 107 cm³/mol. The molecule has 0 unspecified atom stereocenters. The van der Waals surface area contributed by atoms with Gasteiger partial charge in [-0.2, -0.15) is 0 Å². The molecule has 0 aliphatic carbocycles. The van der Waals surface area contributed by atoms with E-state index in [0.717, 1.165) is 4.90 Å². The van der Waals surface area contributed by atoms with E-state index < -0.39 is 37.4 Å². The number of hydrogen-bond acceptors (Lipinski definition) is 5. The second kappa shape index (κ2) is 8.74. The molecule has 1 aromatic rings. The van der Waals surface area contributed by atoms with Crippen LogP contribution in [0.5, 0.6) is 5.75 Å². The Balaban J connectivity index is 2.13. The van der Waals surface area contributed by atoms with Crippen LogP contribution in [0.15, 0.2) is 24.3 Å². The molecule has 0 aromatic heterocycles. The van der Waals surface area contributed by atoms with Gasteiger partial charge in [-0.25, -0.2) is 4.79 Å². The Labute approximate surface area is 169 Å². The first-order chi connectivity index (χ1) is 13.0. The lowest BCUT2D eigenvalue weighted by molar-refractivity contribution is -0.153. The Bertz CT molecular complexity index is 778. The van der Waals surface area contributed by atoms with Gasteiger partial charge in [0.25, 0.3) is 0 Å². The van der Waals surface area contributed by atoms with Crippen molar-refractivity contribution in [1.29, 1.82) is 0 Å². The lowest BCUT2D eigenvalue weighted by atomic mass is 10.1. The molecule has 1 aromatic carbocycles. The number of nitrogens with zero attached hydrogens (tertiary/aromatic N) is 2. The maximum Gasteiger partial charge on any atom is 0.325 e. The fourth-order valence-electron chi connectivity index (χ4n) is 2.72. The molecule has 0 spiro atoms. The molecule has 1 N–H and O–H groups in total. The average molecular weight is 426 g/mol. The van der Waals surface area contributed by atoms with Gasteiger partial charge in [0.1, 0.15) is 11.8 Å². The summed E-state index contributed by atoms with van der Waals surface area (Å²) in [5.41, 5.74) is 0.447. The fraction of sp³-hybridized carbons (Fsp3) is 0.444. The van der Waals surface area contributed by atoms with E-state index in [4.69, 9.17) is 16.0 Å². The Morgan fingerprint density at radius 2 is 1.75 bits per heavy atom. The van der Waals surface area contributed by atoms with E-state index in [1.54, 1.807) is 31.2 Å². The van der Waals surface area contributed by atoms with E-state index in [1.165, 1.54) is 4.90 Å². The van der Waals surface area contributed by atoms with Crippen molar-refractivity contribution in [3.8, 4) is 5.75 Å². The van der Waals surface area contributed by atoms with E-state index in [-0.39, 0.29) is 13.1 Å². The molecule has 1 atom stereocenters. The molecule has 1 saturated heterocycles. The molecular weight excluding hydrogens is 402 g/mol. The van der Waals surface area contributed by atoms with Crippen molar-refractivity contribution < 1.29 is 23.6 Å². The molecule has 1 aliphatic rings. The summed E-state index contributed by atoms with van der Waals surface area (Å²) in [5, 5.41) is 1.63. The van der Waals surface area contributed by atoms with Gasteiger partial charge >= 0.3 is 17.8 Å². The number of benzene rings is 1. The lowest BCUT2D eigenvalue weighted by Crippen LogP contribution is -2.58. The average Bonchev–Trinajstić information content (AvgIpc) is 2.61. The fourth-order valence-corrected chi connectivity index (χ4v) is 3.75. The smallest absolute Gasteiger partial charge is 0.325 e. The largest absolute Gasteiger partial charge is 0.544 e. The molecule has 1 heterocycles. The zero-order valence-electron chi connectivity index (χ0n) is 16.3. The molecule has 1 fully saturated rings. The third-order valence-corrected chi connectivity index (χ3v) is 5.13. The highest BCUT2D eigenvalue weighted by Crippen LogP contribution is 2.22. The Morgan fingerprint density at radius 1 is 1.14 bits per heavy atom. The van der Waals surface area contributed by atoms with Crippen LogP contribution in [0.4, 0.5) is 4.79 Å². The monoisotopic (exact) mass is 425 g/mol. The van der Waals surface area contributed by atoms with Crippen LogP contribution < -0.4 is 9.74 Å². The number of carbonyl (C=O) groups excluding carboxylic acids is 4. The van der Waals surface area contributed by atoms with Crippen LogP contribution in [0.2, 0.25) is 19.6 Å². The van der Waals surface area contributed by atoms with Crippen molar-refractivity contribution in [2.75, 3.05) is 19.6 Å². The van der Waals surface area contributed by atoms with Crippen LogP contribution in [0, 0.1) is 0 Å². The van der Waals surface area contributed by atoms with Crippen LogP contribution in [0.1, 0.15) is 18.5 Å². The molecule has 0 saturated carbocycles. The van der Waals surface area contributed by atoms with Crippen molar-refractivity contribution in [3.63, 3.8) is 0 Å². The maximum atomic E-state index is 12.5. The van der Waals surface area contributed by atoms with Gasteiger partial charge in [-0.1, -0.05) is 12.1 Å². The zero-order valence-corrected chi connectivity index (χ0v) is 18.1. The number of urea groups is 1. The van der Waals surface area contributed by atoms with E-state index in [1.807, 2.05) is 19.6 Å². The summed E-state index contributed by atoms with van der Waals surface area (Å²) < 4.78 is 5.86. The Morgan fingerprint density at radius 3 is 2.25 bits per heavy atom. The van der Waals surface area contributed by atoms with Gasteiger partial charge in [-0.3, -0.25) is 19.3 Å². The summed E-state index contributed by atoms with van der Waals surface area (Å²) in [6, 6.07) is 4.66. The van der Waals surface area contributed by atoms with Crippen molar-refractivity contribution in [3.05, 3.63) is 29.8 Å². The number of likely N-dealkylation sites (N-methyl/N-ethyl adjacent to an activating group) is 1. The van der Waals surface area contributed by atoms with Crippen molar-refractivity contribution in [2.45, 2.75) is 32.6 Å². The third-order valence-electron chi connectivity index (χ3n) is 4.07. The highest BCUT2D eigenvalue weighted by atomic mass is 35.5. The molecule has 0 radical (unpaired) electrons. The summed E-state index contributed by atoms with van der Waals surface area (Å²) in [5.74, 6) is -1.01. The minimum atomic E-state index is -1.78. The summed E-state index contributed by atoms with van der Waals surface area (Å²) in [6.07, 6.45) is 0. The van der Waals surface area contributed by atoms with Gasteiger partial charge < -0.3 is 14.6 Å².